The van der Waals surface area contributed by atoms with E-state index < -0.39 is 0 Å². The third kappa shape index (κ3) is 2.60. The molecule has 1 unspecified atom stereocenters. The van der Waals surface area contributed by atoms with Crippen molar-refractivity contribution < 1.29 is 9.53 Å². The number of amidine groups is 1. The summed E-state index contributed by atoms with van der Waals surface area (Å²) >= 11 is 0. The lowest BCUT2D eigenvalue weighted by atomic mass is 10.1. The molecule has 0 saturated heterocycles. The Morgan fingerprint density at radius 1 is 1.53 bits per heavy atom. The highest BCUT2D eigenvalue weighted by atomic mass is 16.5. The highest BCUT2D eigenvalue weighted by Gasteiger charge is 2.35. The highest BCUT2D eigenvalue weighted by Crippen LogP contribution is 2.26. The maximum atomic E-state index is 11.8. The molecular weight excluding hydrogens is 246 g/mol. The van der Waals surface area contributed by atoms with E-state index in [1.807, 2.05) is 24.7 Å². The van der Waals surface area contributed by atoms with Gasteiger partial charge in [-0.05, 0) is 13.8 Å². The number of nitrogens with two attached hydrogens (primary N) is 1. The Morgan fingerprint density at radius 2 is 2.26 bits per heavy atom. The van der Waals surface area contributed by atoms with Gasteiger partial charge in [0.25, 0.3) is 0 Å². The van der Waals surface area contributed by atoms with Gasteiger partial charge in [0.15, 0.2) is 0 Å². The van der Waals surface area contributed by atoms with Crippen LogP contribution >= 0.6 is 0 Å². The highest BCUT2D eigenvalue weighted by molar-refractivity contribution is 6.03. The average Bonchev–Trinajstić information content (AvgIpc) is 2.91. The van der Waals surface area contributed by atoms with Gasteiger partial charge in [0.1, 0.15) is 11.9 Å². The number of ether oxygens (including phenoxy) is 1. The van der Waals surface area contributed by atoms with Crippen molar-refractivity contribution in [3.8, 4) is 0 Å². The van der Waals surface area contributed by atoms with E-state index in [4.69, 9.17) is 10.5 Å². The van der Waals surface area contributed by atoms with Crippen LogP contribution in [0.4, 0.5) is 4.79 Å². The van der Waals surface area contributed by atoms with Crippen LogP contribution in [0, 0.1) is 0 Å². The lowest BCUT2D eigenvalue weighted by Gasteiger charge is -2.22. The predicted octanol–water partition coefficient (Wildman–Crippen LogP) is 0.944. The lowest BCUT2D eigenvalue weighted by Crippen LogP contribution is -2.35. The van der Waals surface area contributed by atoms with Gasteiger partial charge in [0, 0.05) is 31.5 Å². The molecule has 0 fully saturated rings. The van der Waals surface area contributed by atoms with Crippen molar-refractivity contribution in [3.05, 3.63) is 18.0 Å². The van der Waals surface area contributed by atoms with Crippen LogP contribution in [0.3, 0.4) is 0 Å². The van der Waals surface area contributed by atoms with Crippen molar-refractivity contribution in [1.29, 1.82) is 0 Å². The average molecular weight is 265 g/mol. The number of hydrogen-bond donors (Lipinski definition) is 1. The first-order valence-electron chi connectivity index (χ1n) is 6.22. The SMILES string of the molecule is COCCN1C(=O)N=C(N)C1c1cnn(C(C)C)c1. The third-order valence-corrected chi connectivity index (χ3v) is 3.06. The van der Waals surface area contributed by atoms with Crippen LogP contribution in [0.2, 0.25) is 0 Å². The van der Waals surface area contributed by atoms with Crippen molar-refractivity contribution >= 4 is 11.9 Å². The Hall–Kier alpha value is -1.89. The molecule has 2 N–H and O–H groups in total. The molecule has 1 aromatic rings. The molecule has 19 heavy (non-hydrogen) atoms. The first-order chi connectivity index (χ1) is 9.04. The molecule has 2 rings (SSSR count). The quantitative estimate of drug-likeness (QED) is 0.858. The van der Waals surface area contributed by atoms with E-state index in [0.717, 1.165) is 5.56 Å². The zero-order valence-corrected chi connectivity index (χ0v) is 11.4. The first-order valence-corrected chi connectivity index (χ1v) is 6.22. The van der Waals surface area contributed by atoms with Gasteiger partial charge in [0.05, 0.1) is 12.8 Å². The van der Waals surface area contributed by atoms with Crippen molar-refractivity contribution in [1.82, 2.24) is 14.7 Å². The number of aliphatic imine (C=N–C) groups is 1. The number of methoxy groups -OCH3 is 1. The third-order valence-electron chi connectivity index (χ3n) is 3.06. The van der Waals surface area contributed by atoms with Gasteiger partial charge >= 0.3 is 6.03 Å². The second-order valence-electron chi connectivity index (χ2n) is 4.76. The molecule has 104 valence electrons. The molecule has 1 atom stereocenters. The van der Waals surface area contributed by atoms with Crippen LogP contribution in [-0.2, 0) is 4.74 Å². The predicted molar refractivity (Wildman–Crippen MR) is 71.0 cm³/mol. The second-order valence-corrected chi connectivity index (χ2v) is 4.76. The number of hydrogen-bond acceptors (Lipinski definition) is 4. The lowest BCUT2D eigenvalue weighted by molar-refractivity contribution is 0.150. The van der Waals surface area contributed by atoms with Crippen LogP contribution < -0.4 is 5.73 Å². The molecule has 0 saturated carbocycles. The van der Waals surface area contributed by atoms with Gasteiger partial charge in [-0.25, -0.2) is 4.79 Å². The summed E-state index contributed by atoms with van der Waals surface area (Å²) in [6.07, 6.45) is 3.63. The number of amides is 2. The number of rotatable bonds is 5. The summed E-state index contributed by atoms with van der Waals surface area (Å²) in [6, 6.07) is -0.400. The summed E-state index contributed by atoms with van der Waals surface area (Å²) in [7, 11) is 1.59. The maximum absolute atomic E-state index is 11.8. The van der Waals surface area contributed by atoms with Crippen molar-refractivity contribution in [2.45, 2.75) is 25.9 Å². The maximum Gasteiger partial charge on any atom is 0.346 e. The Labute approximate surface area is 112 Å². The number of urea groups is 1. The molecule has 1 aliphatic rings. The van der Waals surface area contributed by atoms with E-state index in [1.54, 1.807) is 18.2 Å². The molecule has 2 amide bonds. The van der Waals surface area contributed by atoms with Gasteiger partial charge in [-0.3, -0.25) is 4.68 Å². The number of carbonyl (C=O) groups is 1. The Morgan fingerprint density at radius 3 is 2.84 bits per heavy atom. The minimum absolute atomic E-state index is 0.261. The fraction of sp³-hybridized carbons (Fsp3) is 0.583. The fourth-order valence-corrected chi connectivity index (χ4v) is 2.05. The molecule has 7 nitrogen and oxygen atoms in total. The van der Waals surface area contributed by atoms with E-state index >= 15 is 0 Å². The smallest absolute Gasteiger partial charge is 0.346 e. The summed E-state index contributed by atoms with van der Waals surface area (Å²) in [6.45, 7) is 4.98. The number of aromatic nitrogens is 2. The van der Waals surface area contributed by atoms with E-state index in [0.29, 0.717) is 19.0 Å². The molecule has 1 aliphatic heterocycles. The zero-order valence-electron chi connectivity index (χ0n) is 11.4. The summed E-state index contributed by atoms with van der Waals surface area (Å²) < 4.78 is 6.84. The Kier molecular flexibility index (Phi) is 3.84. The van der Waals surface area contributed by atoms with Gasteiger partial charge in [0.2, 0.25) is 0 Å². The monoisotopic (exact) mass is 265 g/mol. The van der Waals surface area contributed by atoms with Gasteiger partial charge in [-0.1, -0.05) is 0 Å². The van der Waals surface area contributed by atoms with Crippen LogP contribution in [0.5, 0.6) is 0 Å². The van der Waals surface area contributed by atoms with E-state index in [9.17, 15) is 4.79 Å². The van der Waals surface area contributed by atoms with Crippen LogP contribution in [0.25, 0.3) is 0 Å². The van der Waals surface area contributed by atoms with E-state index in [1.165, 1.54) is 0 Å². The van der Waals surface area contributed by atoms with Gasteiger partial charge < -0.3 is 15.4 Å². The van der Waals surface area contributed by atoms with E-state index in [2.05, 4.69) is 10.1 Å². The Bertz CT molecular complexity index is 494. The topological polar surface area (TPSA) is 85.7 Å². The summed E-state index contributed by atoms with van der Waals surface area (Å²) in [5, 5.41) is 4.27. The second kappa shape index (κ2) is 5.40. The minimum Gasteiger partial charge on any atom is -0.385 e. The van der Waals surface area contributed by atoms with Crippen molar-refractivity contribution in [3.63, 3.8) is 0 Å². The van der Waals surface area contributed by atoms with E-state index in [-0.39, 0.29) is 18.1 Å². The molecule has 7 heteroatoms. The van der Waals surface area contributed by atoms with Crippen LogP contribution in [0.1, 0.15) is 31.5 Å². The van der Waals surface area contributed by atoms with Gasteiger partial charge in [-0.2, -0.15) is 10.1 Å². The number of carbonyl (C=O) groups excluding carboxylic acids is 1. The molecular formula is C12H19N5O2. The molecule has 1 aromatic heterocycles. The zero-order chi connectivity index (χ0) is 14.0. The first kappa shape index (κ1) is 13.5. The standard InChI is InChI=1S/C12H19N5O2/c1-8(2)17-7-9(6-14-17)10-11(13)15-12(18)16(10)4-5-19-3/h6-8,10H,4-5H2,1-3H3,(H2,13,15,18). The largest absolute Gasteiger partial charge is 0.385 e. The molecule has 0 aliphatic carbocycles. The Balaban J connectivity index is 2.23. The van der Waals surface area contributed by atoms with Gasteiger partial charge in [-0.15, -0.1) is 0 Å². The molecule has 0 aromatic carbocycles. The molecule has 0 bridgehead atoms. The van der Waals surface area contributed by atoms with Crippen LogP contribution in [0.15, 0.2) is 17.4 Å². The normalized spacial score (nSPS) is 19.4. The molecule has 0 spiro atoms. The fourth-order valence-electron chi connectivity index (χ4n) is 2.05. The van der Waals surface area contributed by atoms with Crippen molar-refractivity contribution in [2.24, 2.45) is 10.7 Å². The number of nitrogens with zero attached hydrogens (tertiary/aromatic N) is 4. The summed E-state index contributed by atoms with van der Waals surface area (Å²) in [5.74, 6) is 0.310. The van der Waals surface area contributed by atoms with Crippen LogP contribution in [-0.4, -0.2) is 46.8 Å². The van der Waals surface area contributed by atoms with Crippen molar-refractivity contribution in [2.75, 3.05) is 20.3 Å². The summed E-state index contributed by atoms with van der Waals surface area (Å²) in [4.78, 5) is 17.2. The summed E-state index contributed by atoms with van der Waals surface area (Å²) in [5.41, 5.74) is 6.73. The molecule has 2 heterocycles. The molecule has 0 radical (unpaired) electrons. The minimum atomic E-state index is -0.338.